The third kappa shape index (κ3) is 3.07. The van der Waals surface area contributed by atoms with Crippen molar-refractivity contribution < 1.29 is 9.90 Å². The van der Waals surface area contributed by atoms with E-state index in [4.69, 9.17) is 0 Å². The van der Waals surface area contributed by atoms with Crippen LogP contribution in [0.4, 0.5) is 0 Å². The molecule has 1 aliphatic rings. The molecule has 3 atom stereocenters. The Labute approximate surface area is 114 Å². The number of rotatable bonds is 2. The van der Waals surface area contributed by atoms with Crippen molar-refractivity contribution in [1.29, 1.82) is 0 Å². The van der Waals surface area contributed by atoms with E-state index in [-0.39, 0.29) is 23.7 Å². The molecule has 0 spiro atoms. The zero-order valence-electron chi connectivity index (χ0n) is 11.7. The van der Waals surface area contributed by atoms with Crippen LogP contribution in [0.2, 0.25) is 0 Å². The Morgan fingerprint density at radius 3 is 2.79 bits per heavy atom. The van der Waals surface area contributed by atoms with Crippen molar-refractivity contribution in [2.24, 2.45) is 0 Å². The molecule has 1 fully saturated rings. The van der Waals surface area contributed by atoms with Gasteiger partial charge in [-0.3, -0.25) is 4.79 Å². The monoisotopic (exact) mass is 262 g/mol. The predicted molar refractivity (Wildman–Crippen MR) is 75.4 cm³/mol. The Bertz CT molecular complexity index is 473. The molecule has 3 unspecified atom stereocenters. The number of hydrogen-bond acceptors (Lipinski definition) is 3. The fourth-order valence-electron chi connectivity index (χ4n) is 2.64. The third-order valence-electron chi connectivity index (χ3n) is 3.93. The zero-order valence-corrected chi connectivity index (χ0v) is 11.7. The summed E-state index contributed by atoms with van der Waals surface area (Å²) in [4.78, 5) is 12.3. The van der Waals surface area contributed by atoms with Crippen LogP contribution >= 0.6 is 0 Å². The summed E-state index contributed by atoms with van der Waals surface area (Å²) >= 11 is 0. The second-order valence-corrected chi connectivity index (χ2v) is 5.46. The number of phenols is 1. The van der Waals surface area contributed by atoms with Gasteiger partial charge in [-0.2, -0.15) is 0 Å². The lowest BCUT2D eigenvalue weighted by Crippen LogP contribution is -2.54. The van der Waals surface area contributed by atoms with Crippen molar-refractivity contribution in [3.8, 4) is 5.75 Å². The van der Waals surface area contributed by atoms with Gasteiger partial charge in [0.05, 0.1) is 0 Å². The predicted octanol–water partition coefficient (Wildman–Crippen LogP) is 1.96. The van der Waals surface area contributed by atoms with Crippen LogP contribution in [0.3, 0.4) is 0 Å². The van der Waals surface area contributed by atoms with Gasteiger partial charge >= 0.3 is 0 Å². The molecule has 0 radical (unpaired) electrons. The molecule has 1 aliphatic heterocycles. The topological polar surface area (TPSA) is 61.4 Å². The minimum absolute atomic E-state index is 0.110. The number of amides is 1. The molecule has 2 rings (SSSR count). The molecule has 1 amide bonds. The van der Waals surface area contributed by atoms with Crippen molar-refractivity contribution in [2.75, 3.05) is 0 Å². The van der Waals surface area contributed by atoms with Gasteiger partial charge in [-0.1, -0.05) is 6.07 Å². The highest BCUT2D eigenvalue weighted by Crippen LogP contribution is 2.20. The first kappa shape index (κ1) is 13.9. The summed E-state index contributed by atoms with van der Waals surface area (Å²) in [5.74, 6) is 0.0534. The highest BCUT2D eigenvalue weighted by molar-refractivity contribution is 5.96. The first-order valence-corrected chi connectivity index (χ1v) is 6.84. The zero-order chi connectivity index (χ0) is 14.0. The van der Waals surface area contributed by atoms with Crippen molar-refractivity contribution in [3.63, 3.8) is 0 Å². The molecule has 1 aromatic carbocycles. The molecule has 0 aliphatic carbocycles. The first-order chi connectivity index (χ1) is 8.99. The molecule has 4 heteroatoms. The highest BCUT2D eigenvalue weighted by Gasteiger charge is 2.26. The summed E-state index contributed by atoms with van der Waals surface area (Å²) in [6.45, 7) is 6.01. The van der Waals surface area contributed by atoms with E-state index in [0.717, 1.165) is 12.8 Å². The minimum Gasteiger partial charge on any atom is -0.508 e. The Morgan fingerprint density at radius 2 is 2.11 bits per heavy atom. The lowest BCUT2D eigenvalue weighted by Gasteiger charge is -2.34. The van der Waals surface area contributed by atoms with E-state index in [2.05, 4.69) is 24.5 Å². The van der Waals surface area contributed by atoms with Crippen LogP contribution in [-0.2, 0) is 0 Å². The van der Waals surface area contributed by atoms with Gasteiger partial charge in [0.1, 0.15) is 5.75 Å². The minimum atomic E-state index is -0.110. The lowest BCUT2D eigenvalue weighted by atomic mass is 9.94. The fourth-order valence-corrected chi connectivity index (χ4v) is 2.64. The second-order valence-electron chi connectivity index (χ2n) is 5.46. The number of phenolic OH excluding ortho intramolecular Hbond substituents is 1. The van der Waals surface area contributed by atoms with Gasteiger partial charge < -0.3 is 15.7 Å². The second kappa shape index (κ2) is 5.61. The van der Waals surface area contributed by atoms with Gasteiger partial charge in [0.2, 0.25) is 0 Å². The molecule has 0 aromatic heterocycles. The van der Waals surface area contributed by atoms with Gasteiger partial charge in [0.25, 0.3) is 5.91 Å². The van der Waals surface area contributed by atoms with Crippen LogP contribution in [0.5, 0.6) is 5.75 Å². The average Bonchev–Trinajstić information content (AvgIpc) is 2.36. The largest absolute Gasteiger partial charge is 0.508 e. The van der Waals surface area contributed by atoms with E-state index < -0.39 is 0 Å². The number of benzene rings is 1. The summed E-state index contributed by atoms with van der Waals surface area (Å²) in [6, 6.07) is 5.95. The Hall–Kier alpha value is -1.55. The van der Waals surface area contributed by atoms with E-state index >= 15 is 0 Å². The Kier molecular flexibility index (Phi) is 4.10. The standard InChI is InChI=1S/C15H22N2O2/c1-9-7-8-13(11(3)16-9)17-15(19)12-5-4-6-14(18)10(12)2/h4-6,9,11,13,16,18H,7-8H2,1-3H3,(H,17,19). The maximum atomic E-state index is 12.3. The van der Waals surface area contributed by atoms with Crippen LogP contribution in [0.25, 0.3) is 0 Å². The van der Waals surface area contributed by atoms with Gasteiger partial charge in [0, 0.05) is 29.3 Å². The molecule has 4 nitrogen and oxygen atoms in total. The third-order valence-corrected chi connectivity index (χ3v) is 3.93. The normalized spacial score (nSPS) is 27.0. The summed E-state index contributed by atoms with van der Waals surface area (Å²) in [5, 5.41) is 16.2. The van der Waals surface area contributed by atoms with Crippen LogP contribution in [0, 0.1) is 6.92 Å². The van der Waals surface area contributed by atoms with E-state index in [1.165, 1.54) is 0 Å². The maximum Gasteiger partial charge on any atom is 0.251 e. The highest BCUT2D eigenvalue weighted by atomic mass is 16.3. The number of piperidine rings is 1. The maximum absolute atomic E-state index is 12.3. The summed E-state index contributed by atoms with van der Waals surface area (Å²) in [5.41, 5.74) is 1.18. The summed E-state index contributed by atoms with van der Waals surface area (Å²) in [6.07, 6.45) is 2.05. The van der Waals surface area contributed by atoms with Gasteiger partial charge in [-0.15, -0.1) is 0 Å². The molecule has 1 aromatic rings. The summed E-state index contributed by atoms with van der Waals surface area (Å²) < 4.78 is 0. The number of nitrogens with one attached hydrogen (secondary N) is 2. The van der Waals surface area contributed by atoms with Crippen molar-refractivity contribution in [3.05, 3.63) is 29.3 Å². The number of aromatic hydroxyl groups is 1. The number of carbonyl (C=O) groups is 1. The lowest BCUT2D eigenvalue weighted by molar-refractivity contribution is 0.0913. The van der Waals surface area contributed by atoms with Crippen LogP contribution < -0.4 is 10.6 Å². The van der Waals surface area contributed by atoms with Crippen LogP contribution in [0.1, 0.15) is 42.6 Å². The van der Waals surface area contributed by atoms with Crippen LogP contribution in [-0.4, -0.2) is 29.1 Å². The first-order valence-electron chi connectivity index (χ1n) is 6.84. The van der Waals surface area contributed by atoms with Crippen molar-refractivity contribution >= 4 is 5.91 Å². The molecule has 0 bridgehead atoms. The quantitative estimate of drug-likeness (QED) is 0.763. The number of carbonyl (C=O) groups excluding carboxylic acids is 1. The Balaban J connectivity index is 2.07. The molecular formula is C15H22N2O2. The van der Waals surface area contributed by atoms with Gasteiger partial charge in [0.15, 0.2) is 0 Å². The SMILES string of the molecule is Cc1c(O)cccc1C(=O)NC1CCC(C)NC1C. The van der Waals surface area contributed by atoms with Gasteiger partial charge in [-0.05, 0) is 45.7 Å². The smallest absolute Gasteiger partial charge is 0.251 e. The van der Waals surface area contributed by atoms with E-state index in [1.54, 1.807) is 25.1 Å². The molecule has 19 heavy (non-hydrogen) atoms. The molecular weight excluding hydrogens is 240 g/mol. The van der Waals surface area contributed by atoms with Gasteiger partial charge in [-0.25, -0.2) is 0 Å². The molecule has 104 valence electrons. The molecule has 0 saturated carbocycles. The van der Waals surface area contributed by atoms with E-state index in [9.17, 15) is 9.90 Å². The van der Waals surface area contributed by atoms with Crippen molar-refractivity contribution in [2.45, 2.75) is 51.7 Å². The Morgan fingerprint density at radius 1 is 1.37 bits per heavy atom. The molecule has 3 N–H and O–H groups in total. The fraction of sp³-hybridized carbons (Fsp3) is 0.533. The van der Waals surface area contributed by atoms with Crippen LogP contribution in [0.15, 0.2) is 18.2 Å². The average molecular weight is 262 g/mol. The summed E-state index contributed by atoms with van der Waals surface area (Å²) in [7, 11) is 0. The molecule has 1 saturated heterocycles. The number of hydrogen-bond donors (Lipinski definition) is 3. The van der Waals surface area contributed by atoms with E-state index in [1.807, 2.05) is 0 Å². The molecule has 1 heterocycles. The van der Waals surface area contributed by atoms with E-state index in [0.29, 0.717) is 17.2 Å². The van der Waals surface area contributed by atoms with Crippen molar-refractivity contribution in [1.82, 2.24) is 10.6 Å².